The van der Waals surface area contributed by atoms with E-state index in [0.717, 1.165) is 37.9 Å². The fraction of sp³-hybridized carbons (Fsp3) is 0.381. The first-order valence-corrected chi connectivity index (χ1v) is 17.4. The number of aryl methyl sites for hydroxylation is 1. The van der Waals surface area contributed by atoms with Gasteiger partial charge in [-0.3, -0.25) is 14.6 Å². The average molecular weight is 646 g/mol. The van der Waals surface area contributed by atoms with Crippen LogP contribution in [0.1, 0.15) is 68.4 Å². The molecule has 252 valence electrons. The maximum absolute atomic E-state index is 14.5. The maximum atomic E-state index is 14.5. The van der Waals surface area contributed by atoms with E-state index < -0.39 is 17.7 Å². The van der Waals surface area contributed by atoms with Gasteiger partial charge in [0.15, 0.2) is 0 Å². The highest BCUT2D eigenvalue weighted by Crippen LogP contribution is 2.27. The molecule has 0 aromatic heterocycles. The van der Waals surface area contributed by atoms with Gasteiger partial charge in [-0.1, -0.05) is 129 Å². The Bertz CT molecular complexity index is 1550. The fourth-order valence-electron chi connectivity index (χ4n) is 6.61. The Morgan fingerprint density at radius 2 is 1.31 bits per heavy atom. The summed E-state index contributed by atoms with van der Waals surface area (Å²) in [5.41, 5.74) is 5.40. The highest BCUT2D eigenvalue weighted by atomic mass is 16.6. The summed E-state index contributed by atoms with van der Waals surface area (Å²) in [6, 6.07) is 39.3. The number of benzene rings is 4. The third kappa shape index (κ3) is 10.0. The maximum Gasteiger partial charge on any atom is 0.411 e. The van der Waals surface area contributed by atoms with E-state index in [1.807, 2.05) is 56.0 Å². The smallest absolute Gasteiger partial charge is 0.411 e. The van der Waals surface area contributed by atoms with E-state index in [1.165, 1.54) is 22.3 Å². The molecule has 6 nitrogen and oxygen atoms in total. The summed E-state index contributed by atoms with van der Waals surface area (Å²) >= 11 is 0. The van der Waals surface area contributed by atoms with Crippen molar-refractivity contribution in [2.75, 3.05) is 13.1 Å². The Morgan fingerprint density at radius 1 is 0.771 bits per heavy atom. The number of carbonyl (C=O) groups excluding carboxylic acids is 2. The summed E-state index contributed by atoms with van der Waals surface area (Å²) in [5.74, 6) is -0.0277. The van der Waals surface area contributed by atoms with E-state index in [0.29, 0.717) is 26.1 Å². The van der Waals surface area contributed by atoms with Crippen molar-refractivity contribution in [1.29, 1.82) is 0 Å². The predicted octanol–water partition coefficient (Wildman–Crippen LogP) is 8.29. The van der Waals surface area contributed by atoms with Gasteiger partial charge in [0.2, 0.25) is 5.91 Å². The molecule has 1 fully saturated rings. The lowest BCUT2D eigenvalue weighted by Gasteiger charge is -2.43. The number of piperazine rings is 1. The second-order valence-electron chi connectivity index (χ2n) is 14.0. The van der Waals surface area contributed by atoms with E-state index in [-0.39, 0.29) is 11.9 Å². The van der Waals surface area contributed by atoms with Crippen LogP contribution in [-0.2, 0) is 42.0 Å². The van der Waals surface area contributed by atoms with Gasteiger partial charge in [0, 0.05) is 38.8 Å². The van der Waals surface area contributed by atoms with Gasteiger partial charge in [-0.25, -0.2) is 4.79 Å². The van der Waals surface area contributed by atoms with Gasteiger partial charge in [0.05, 0.1) is 0 Å². The number of ether oxygens (including phenoxy) is 1. The summed E-state index contributed by atoms with van der Waals surface area (Å²) in [7, 11) is 0. The van der Waals surface area contributed by atoms with Gasteiger partial charge in [-0.05, 0) is 67.9 Å². The quantitative estimate of drug-likeness (QED) is 0.147. The molecule has 0 bridgehead atoms. The molecule has 0 aliphatic carbocycles. The van der Waals surface area contributed by atoms with E-state index in [2.05, 4.69) is 96.8 Å². The van der Waals surface area contributed by atoms with Crippen LogP contribution in [0.4, 0.5) is 4.79 Å². The van der Waals surface area contributed by atoms with Crippen molar-refractivity contribution in [3.63, 3.8) is 0 Å². The van der Waals surface area contributed by atoms with Crippen LogP contribution in [0.2, 0.25) is 0 Å². The SMILES string of the molecule is CCCc1cccc(C[C@@H](C[C@H]2C(=O)N(Cc3ccccc3)CCN2C(=O)OC(C)(C)C)N(Cc2ccccc2)Cc2ccccc2)c1. The average Bonchev–Trinajstić information content (AvgIpc) is 3.07. The zero-order chi connectivity index (χ0) is 33.9. The van der Waals surface area contributed by atoms with Crippen molar-refractivity contribution in [3.8, 4) is 0 Å². The number of carbonyl (C=O) groups is 2. The summed E-state index contributed by atoms with van der Waals surface area (Å²) in [4.78, 5) is 34.4. The Balaban J connectivity index is 1.53. The Kier molecular flexibility index (Phi) is 12.1. The monoisotopic (exact) mass is 645 g/mol. The lowest BCUT2D eigenvalue weighted by Crippen LogP contribution is -2.60. The molecule has 48 heavy (non-hydrogen) atoms. The van der Waals surface area contributed by atoms with Gasteiger partial charge < -0.3 is 9.64 Å². The molecule has 0 radical (unpaired) electrons. The van der Waals surface area contributed by atoms with Crippen LogP contribution in [-0.4, -0.2) is 57.5 Å². The molecule has 1 saturated heterocycles. The van der Waals surface area contributed by atoms with Gasteiger partial charge >= 0.3 is 6.09 Å². The summed E-state index contributed by atoms with van der Waals surface area (Å²) < 4.78 is 5.91. The van der Waals surface area contributed by atoms with E-state index >= 15 is 0 Å². The van der Waals surface area contributed by atoms with Crippen LogP contribution in [0, 0.1) is 0 Å². The zero-order valence-electron chi connectivity index (χ0n) is 29.1. The number of nitrogens with zero attached hydrogens (tertiary/aromatic N) is 3. The number of hydrogen-bond acceptors (Lipinski definition) is 4. The molecule has 4 aromatic carbocycles. The van der Waals surface area contributed by atoms with Crippen molar-refractivity contribution >= 4 is 12.0 Å². The van der Waals surface area contributed by atoms with Crippen molar-refractivity contribution in [2.24, 2.45) is 0 Å². The van der Waals surface area contributed by atoms with Crippen LogP contribution < -0.4 is 0 Å². The van der Waals surface area contributed by atoms with Crippen LogP contribution >= 0.6 is 0 Å². The van der Waals surface area contributed by atoms with Gasteiger partial charge in [-0.2, -0.15) is 0 Å². The number of hydrogen-bond donors (Lipinski definition) is 0. The third-order valence-corrected chi connectivity index (χ3v) is 8.90. The Morgan fingerprint density at radius 3 is 1.88 bits per heavy atom. The lowest BCUT2D eigenvalue weighted by molar-refractivity contribution is -0.143. The lowest BCUT2D eigenvalue weighted by atomic mass is 9.93. The minimum Gasteiger partial charge on any atom is -0.444 e. The Labute approximate surface area is 287 Å². The standard InChI is InChI=1S/C42H51N3O3/c1-5-16-33-23-15-24-37(27-33)28-38(44(31-35-19-11-7-12-20-35)32-36-21-13-8-14-22-36)29-39-40(46)43(30-34-17-9-6-10-18-34)25-26-45(39)41(47)48-42(2,3)4/h6-15,17-24,27,38-39H,5,16,25-26,28-32H2,1-4H3/t38-,39-/m0/s1. The molecule has 6 heteroatoms. The molecule has 5 rings (SSSR count). The topological polar surface area (TPSA) is 53.1 Å². The molecular weight excluding hydrogens is 594 g/mol. The molecule has 0 N–H and O–H groups in total. The van der Waals surface area contributed by atoms with Crippen LogP contribution in [0.15, 0.2) is 115 Å². The first-order valence-electron chi connectivity index (χ1n) is 17.4. The largest absolute Gasteiger partial charge is 0.444 e. The van der Waals surface area contributed by atoms with Gasteiger partial charge in [0.25, 0.3) is 0 Å². The fourth-order valence-corrected chi connectivity index (χ4v) is 6.61. The summed E-state index contributed by atoms with van der Waals surface area (Å²) in [6.07, 6.45) is 2.92. The molecular formula is C42H51N3O3. The van der Waals surface area contributed by atoms with Crippen LogP contribution in [0.5, 0.6) is 0 Å². The summed E-state index contributed by atoms with van der Waals surface area (Å²) in [5, 5.41) is 0. The van der Waals surface area contributed by atoms with Gasteiger partial charge in [0.1, 0.15) is 11.6 Å². The first kappa shape index (κ1) is 34.9. The normalized spacial score (nSPS) is 15.9. The summed E-state index contributed by atoms with van der Waals surface area (Å²) in [6.45, 7) is 10.7. The van der Waals surface area contributed by atoms with E-state index in [9.17, 15) is 9.59 Å². The van der Waals surface area contributed by atoms with Crippen molar-refractivity contribution in [2.45, 2.75) is 90.7 Å². The number of rotatable bonds is 13. The molecule has 1 aliphatic rings. The second-order valence-corrected chi connectivity index (χ2v) is 14.0. The first-order chi connectivity index (χ1) is 23.2. The molecule has 0 unspecified atom stereocenters. The van der Waals surface area contributed by atoms with E-state index in [1.54, 1.807) is 4.90 Å². The van der Waals surface area contributed by atoms with Gasteiger partial charge in [-0.15, -0.1) is 0 Å². The number of amides is 2. The molecule has 2 atom stereocenters. The molecule has 0 saturated carbocycles. The van der Waals surface area contributed by atoms with Crippen molar-refractivity contribution < 1.29 is 14.3 Å². The zero-order valence-corrected chi connectivity index (χ0v) is 29.1. The van der Waals surface area contributed by atoms with E-state index in [4.69, 9.17) is 4.74 Å². The molecule has 1 aliphatic heterocycles. The van der Waals surface area contributed by atoms with Crippen LogP contribution in [0.3, 0.4) is 0 Å². The van der Waals surface area contributed by atoms with Crippen molar-refractivity contribution in [3.05, 3.63) is 143 Å². The van der Waals surface area contributed by atoms with Crippen LogP contribution in [0.25, 0.3) is 0 Å². The van der Waals surface area contributed by atoms with Crippen molar-refractivity contribution in [1.82, 2.24) is 14.7 Å². The Hall–Kier alpha value is -4.42. The second kappa shape index (κ2) is 16.6. The minimum absolute atomic E-state index is 0.0277. The molecule has 1 heterocycles. The molecule has 2 amide bonds. The molecule has 0 spiro atoms. The predicted molar refractivity (Wildman–Crippen MR) is 193 cm³/mol. The third-order valence-electron chi connectivity index (χ3n) is 8.90. The molecule has 4 aromatic rings. The highest BCUT2D eigenvalue weighted by Gasteiger charge is 2.41. The minimum atomic E-state index is -0.669. The highest BCUT2D eigenvalue weighted by molar-refractivity contribution is 5.87.